The van der Waals surface area contributed by atoms with E-state index in [0.29, 0.717) is 5.92 Å². The number of rotatable bonds is 6. The second kappa shape index (κ2) is 8.31. The molecule has 1 saturated heterocycles. The van der Waals surface area contributed by atoms with Crippen LogP contribution in [0, 0.1) is 12.8 Å². The lowest BCUT2D eigenvalue weighted by Gasteiger charge is -2.27. The molecule has 3 rings (SSSR count). The molecule has 2 aromatic rings. The molecule has 0 unspecified atom stereocenters. The summed E-state index contributed by atoms with van der Waals surface area (Å²) in [6, 6.07) is 4.26. The van der Waals surface area contributed by atoms with Gasteiger partial charge in [-0.05, 0) is 43.4 Å². The van der Waals surface area contributed by atoms with E-state index < -0.39 is 0 Å². The van der Waals surface area contributed by atoms with E-state index in [1.54, 1.807) is 0 Å². The zero-order valence-corrected chi connectivity index (χ0v) is 14.4. The van der Waals surface area contributed by atoms with Crippen LogP contribution in [-0.4, -0.2) is 34.5 Å². The Morgan fingerprint density at radius 1 is 0.917 bits per heavy atom. The average molecular weight is 327 g/mol. The van der Waals surface area contributed by atoms with Crippen LogP contribution >= 0.6 is 0 Å². The van der Waals surface area contributed by atoms with Gasteiger partial charge in [0, 0.05) is 36.6 Å². The number of nitrogens with zero attached hydrogens (tertiary/aromatic N) is 3. The normalized spacial score (nSPS) is 20.9. The molecule has 5 heteroatoms. The van der Waals surface area contributed by atoms with Crippen LogP contribution in [0.1, 0.15) is 36.0 Å². The summed E-state index contributed by atoms with van der Waals surface area (Å²) >= 11 is 0. The maximum Gasteiger partial charge on any atom is 0.157 e. The van der Waals surface area contributed by atoms with Crippen LogP contribution in [0.5, 0.6) is 0 Å². The Hall–Kier alpha value is -1.85. The lowest BCUT2D eigenvalue weighted by Crippen LogP contribution is -2.30. The van der Waals surface area contributed by atoms with Crippen molar-refractivity contribution in [3.8, 4) is 0 Å². The number of ether oxygens (including phenoxy) is 2. The van der Waals surface area contributed by atoms with Crippen molar-refractivity contribution in [3.05, 3.63) is 53.4 Å². The van der Waals surface area contributed by atoms with Crippen LogP contribution in [0.4, 0.5) is 0 Å². The largest absolute Gasteiger partial charge is 0.352 e. The predicted molar refractivity (Wildman–Crippen MR) is 91.6 cm³/mol. The summed E-state index contributed by atoms with van der Waals surface area (Å²) in [7, 11) is 0. The third kappa shape index (κ3) is 5.08. The van der Waals surface area contributed by atoms with Crippen molar-refractivity contribution in [1.82, 2.24) is 15.0 Å². The number of hydrogen-bond acceptors (Lipinski definition) is 5. The smallest absolute Gasteiger partial charge is 0.157 e. The summed E-state index contributed by atoms with van der Waals surface area (Å²) in [5, 5.41) is 0. The molecule has 0 bridgehead atoms. The van der Waals surface area contributed by atoms with Crippen molar-refractivity contribution in [2.75, 3.05) is 13.2 Å². The predicted octanol–water partition coefficient (Wildman–Crippen LogP) is 2.91. The molecule has 0 atom stereocenters. The minimum absolute atomic E-state index is 0.0672. The Morgan fingerprint density at radius 3 is 2.29 bits per heavy atom. The summed E-state index contributed by atoms with van der Waals surface area (Å²) in [5.74, 6) is 1.31. The van der Waals surface area contributed by atoms with Gasteiger partial charge < -0.3 is 9.47 Å². The van der Waals surface area contributed by atoms with E-state index in [9.17, 15) is 0 Å². The Morgan fingerprint density at radius 2 is 1.62 bits per heavy atom. The highest BCUT2D eigenvalue weighted by atomic mass is 16.7. The Kier molecular flexibility index (Phi) is 5.88. The van der Waals surface area contributed by atoms with Crippen molar-refractivity contribution >= 4 is 0 Å². The molecule has 0 N–H and O–H groups in total. The molecule has 1 aliphatic heterocycles. The Balaban J connectivity index is 1.44. The molecule has 0 radical (unpaired) electrons. The molecule has 1 aliphatic rings. The first-order valence-electron chi connectivity index (χ1n) is 8.63. The first kappa shape index (κ1) is 17.0. The minimum Gasteiger partial charge on any atom is -0.352 e. The van der Waals surface area contributed by atoms with Gasteiger partial charge in [-0.3, -0.25) is 4.98 Å². The van der Waals surface area contributed by atoms with Crippen LogP contribution in [-0.2, 0) is 28.7 Å². The second-order valence-corrected chi connectivity index (χ2v) is 6.54. The van der Waals surface area contributed by atoms with Gasteiger partial charge in [-0.15, -0.1) is 0 Å². The summed E-state index contributed by atoms with van der Waals surface area (Å²) < 4.78 is 11.4. The van der Waals surface area contributed by atoms with Crippen molar-refractivity contribution in [3.63, 3.8) is 0 Å². The van der Waals surface area contributed by atoms with Gasteiger partial charge in [0.1, 0.15) is 5.82 Å². The molecule has 0 aliphatic carbocycles. The van der Waals surface area contributed by atoms with Gasteiger partial charge in [0.25, 0.3) is 0 Å². The number of aromatic nitrogens is 3. The van der Waals surface area contributed by atoms with Gasteiger partial charge >= 0.3 is 0 Å². The molecule has 3 heterocycles. The molecule has 0 aromatic carbocycles. The van der Waals surface area contributed by atoms with E-state index in [2.05, 4.69) is 34.0 Å². The number of aryl methyl sites for hydroxylation is 4. The van der Waals surface area contributed by atoms with Gasteiger partial charge in [-0.25, -0.2) is 9.97 Å². The minimum atomic E-state index is -0.0672. The average Bonchev–Trinajstić information content (AvgIpc) is 2.62. The fraction of sp³-hybridized carbons (Fsp3) is 0.526. The molecule has 1 fully saturated rings. The van der Waals surface area contributed by atoms with Gasteiger partial charge in [-0.1, -0.05) is 13.0 Å². The second-order valence-electron chi connectivity index (χ2n) is 6.54. The highest BCUT2D eigenvalue weighted by Gasteiger charge is 2.18. The standard InChI is InChI=1S/C19H25N3O2/c1-14-12-23-19(24-13-14)8-5-16-3-6-18(22-9-16)7-4-17-10-20-15(2)21-11-17/h3,6,9-11,14,19H,4-5,7-8,12-13H2,1-2H3. The summed E-state index contributed by atoms with van der Waals surface area (Å²) in [4.78, 5) is 13.0. The third-order valence-electron chi connectivity index (χ3n) is 4.19. The molecular formula is C19H25N3O2. The van der Waals surface area contributed by atoms with Crippen LogP contribution in [0.3, 0.4) is 0 Å². The van der Waals surface area contributed by atoms with Crippen molar-refractivity contribution in [2.45, 2.75) is 45.8 Å². The van der Waals surface area contributed by atoms with Crippen LogP contribution in [0.2, 0.25) is 0 Å². The molecule has 0 saturated carbocycles. The third-order valence-corrected chi connectivity index (χ3v) is 4.19. The van der Waals surface area contributed by atoms with Crippen molar-refractivity contribution in [2.24, 2.45) is 5.92 Å². The quantitative estimate of drug-likeness (QED) is 0.816. The Labute approximate surface area is 143 Å². The highest BCUT2D eigenvalue weighted by molar-refractivity contribution is 5.16. The molecule has 24 heavy (non-hydrogen) atoms. The lowest BCUT2D eigenvalue weighted by atomic mass is 10.1. The molecule has 5 nitrogen and oxygen atoms in total. The van der Waals surface area contributed by atoms with Crippen LogP contribution in [0.15, 0.2) is 30.7 Å². The van der Waals surface area contributed by atoms with Gasteiger partial charge in [-0.2, -0.15) is 0 Å². The zero-order valence-electron chi connectivity index (χ0n) is 14.4. The first-order chi connectivity index (χ1) is 11.7. The van der Waals surface area contributed by atoms with Crippen molar-refractivity contribution in [1.29, 1.82) is 0 Å². The SMILES string of the molecule is Cc1ncc(CCc2ccc(CCC3OCC(C)CO3)cn2)cn1. The number of hydrogen-bond donors (Lipinski definition) is 0. The molecule has 2 aromatic heterocycles. The van der Waals surface area contributed by atoms with Crippen LogP contribution < -0.4 is 0 Å². The topological polar surface area (TPSA) is 57.1 Å². The van der Waals surface area contributed by atoms with E-state index in [1.807, 2.05) is 25.5 Å². The fourth-order valence-electron chi connectivity index (χ4n) is 2.66. The maximum atomic E-state index is 5.68. The molecular weight excluding hydrogens is 302 g/mol. The van der Waals surface area contributed by atoms with E-state index >= 15 is 0 Å². The fourth-order valence-corrected chi connectivity index (χ4v) is 2.66. The summed E-state index contributed by atoms with van der Waals surface area (Å²) in [6.07, 6.45) is 9.30. The first-order valence-corrected chi connectivity index (χ1v) is 8.63. The molecule has 0 amide bonds. The number of pyridine rings is 1. The van der Waals surface area contributed by atoms with Gasteiger partial charge in [0.2, 0.25) is 0 Å². The Bertz CT molecular complexity index is 620. The summed E-state index contributed by atoms with van der Waals surface area (Å²) in [5.41, 5.74) is 3.47. The monoisotopic (exact) mass is 327 g/mol. The van der Waals surface area contributed by atoms with E-state index in [-0.39, 0.29) is 6.29 Å². The molecule has 0 spiro atoms. The summed E-state index contributed by atoms with van der Waals surface area (Å²) in [6.45, 7) is 5.63. The van der Waals surface area contributed by atoms with E-state index in [1.165, 1.54) is 5.56 Å². The maximum absolute atomic E-state index is 5.68. The van der Waals surface area contributed by atoms with E-state index in [0.717, 1.165) is 56.0 Å². The van der Waals surface area contributed by atoms with E-state index in [4.69, 9.17) is 9.47 Å². The lowest BCUT2D eigenvalue weighted by molar-refractivity contribution is -0.199. The van der Waals surface area contributed by atoms with Crippen LogP contribution in [0.25, 0.3) is 0 Å². The van der Waals surface area contributed by atoms with Gasteiger partial charge in [0.15, 0.2) is 6.29 Å². The van der Waals surface area contributed by atoms with Crippen molar-refractivity contribution < 1.29 is 9.47 Å². The van der Waals surface area contributed by atoms with Gasteiger partial charge in [0.05, 0.1) is 13.2 Å². The highest BCUT2D eigenvalue weighted by Crippen LogP contribution is 2.15. The zero-order chi connectivity index (χ0) is 16.8. The molecule has 128 valence electrons.